The Morgan fingerprint density at radius 3 is 2.92 bits per heavy atom. The Hall–Kier alpha value is -2.59. The van der Waals surface area contributed by atoms with Crippen molar-refractivity contribution in [3.63, 3.8) is 0 Å². The predicted molar refractivity (Wildman–Crippen MR) is 92.7 cm³/mol. The number of ether oxygens (including phenoxy) is 1. The summed E-state index contributed by atoms with van der Waals surface area (Å²) >= 11 is 2.46. The van der Waals surface area contributed by atoms with Crippen LogP contribution in [0.4, 0.5) is 5.00 Å². The van der Waals surface area contributed by atoms with Gasteiger partial charge in [-0.05, 0) is 17.7 Å². The molecule has 0 bridgehead atoms. The molecule has 2 heterocycles. The van der Waals surface area contributed by atoms with E-state index in [9.17, 15) is 10.1 Å². The number of hydrogen-bond acceptors (Lipinski definition) is 8. The van der Waals surface area contributed by atoms with Gasteiger partial charge in [0.25, 0.3) is 0 Å². The fourth-order valence-electron chi connectivity index (χ4n) is 2.07. The van der Waals surface area contributed by atoms with E-state index in [-0.39, 0.29) is 5.00 Å². The third-order valence-corrected chi connectivity index (χ3v) is 5.14. The summed E-state index contributed by atoms with van der Waals surface area (Å²) in [5, 5.41) is 21.3. The minimum absolute atomic E-state index is 0.120. The lowest BCUT2D eigenvalue weighted by atomic mass is 10.2. The molecule has 1 aromatic carbocycles. The summed E-state index contributed by atoms with van der Waals surface area (Å²) in [6.07, 6.45) is 0. The summed E-state index contributed by atoms with van der Waals surface area (Å²) in [4.78, 5) is 10.3. The van der Waals surface area contributed by atoms with Crippen molar-refractivity contribution >= 4 is 28.1 Å². The maximum Gasteiger partial charge on any atom is 0.324 e. The van der Waals surface area contributed by atoms with Gasteiger partial charge in [-0.25, -0.2) is 4.68 Å². The van der Waals surface area contributed by atoms with Crippen LogP contribution in [0.15, 0.2) is 40.9 Å². The molecule has 3 aromatic rings. The number of thioether (sulfide) groups is 1. The fourth-order valence-corrected chi connectivity index (χ4v) is 3.69. The van der Waals surface area contributed by atoms with Gasteiger partial charge in [0.15, 0.2) is 5.82 Å². The van der Waals surface area contributed by atoms with Crippen LogP contribution in [-0.4, -0.2) is 26.9 Å². The van der Waals surface area contributed by atoms with Crippen molar-refractivity contribution in [3.8, 4) is 17.1 Å². The molecule has 0 aliphatic rings. The minimum atomic E-state index is -0.399. The van der Waals surface area contributed by atoms with Gasteiger partial charge in [0, 0.05) is 17.2 Å². The van der Waals surface area contributed by atoms with Crippen LogP contribution in [0, 0.1) is 10.1 Å². The van der Waals surface area contributed by atoms with Crippen LogP contribution >= 0.6 is 23.1 Å². The highest BCUT2D eigenvalue weighted by Gasteiger charge is 2.16. The van der Waals surface area contributed by atoms with E-state index in [1.807, 2.05) is 24.3 Å². The highest BCUT2D eigenvalue weighted by molar-refractivity contribution is 7.98. The summed E-state index contributed by atoms with van der Waals surface area (Å²) in [6.45, 7) is 0. The largest absolute Gasteiger partial charge is 0.496 e. The summed E-state index contributed by atoms with van der Waals surface area (Å²) < 4.78 is 6.70. The smallest absolute Gasteiger partial charge is 0.324 e. The zero-order valence-corrected chi connectivity index (χ0v) is 14.2. The molecule has 0 aliphatic heterocycles. The first-order valence-electron chi connectivity index (χ1n) is 6.78. The number of nitrogens with two attached hydrogens (primary N) is 1. The standard InChI is InChI=1S/C14H13N5O3S2/c1-22-11-5-3-2-4-10(11)13-16-17-14(18(13)15)24-8-9-6-12(19(20)21)23-7-9/h2-7H,8,15H2,1H3. The molecule has 0 saturated carbocycles. The lowest BCUT2D eigenvalue weighted by Gasteiger charge is -2.07. The molecule has 124 valence electrons. The van der Waals surface area contributed by atoms with Gasteiger partial charge in [-0.3, -0.25) is 10.1 Å². The van der Waals surface area contributed by atoms with Gasteiger partial charge in [-0.1, -0.05) is 35.2 Å². The average molecular weight is 363 g/mol. The van der Waals surface area contributed by atoms with Gasteiger partial charge in [-0.15, -0.1) is 10.2 Å². The Kier molecular flexibility index (Phi) is 4.67. The molecule has 0 saturated heterocycles. The topological polar surface area (TPSA) is 109 Å². The van der Waals surface area contributed by atoms with E-state index in [1.165, 1.54) is 16.4 Å². The molecule has 0 radical (unpaired) electrons. The second-order valence-corrected chi connectivity index (χ2v) is 6.55. The molecule has 0 aliphatic carbocycles. The molecule has 0 amide bonds. The number of thiophene rings is 1. The van der Waals surface area contributed by atoms with Gasteiger partial charge < -0.3 is 10.6 Å². The van der Waals surface area contributed by atoms with E-state index in [0.29, 0.717) is 22.5 Å². The van der Waals surface area contributed by atoms with Gasteiger partial charge in [0.05, 0.1) is 17.6 Å². The van der Waals surface area contributed by atoms with Crippen molar-refractivity contribution in [3.05, 3.63) is 51.4 Å². The summed E-state index contributed by atoms with van der Waals surface area (Å²) in [5.74, 6) is 7.75. The number of methoxy groups -OCH3 is 1. The number of hydrogen-bond donors (Lipinski definition) is 1. The third kappa shape index (κ3) is 3.19. The van der Waals surface area contributed by atoms with Gasteiger partial charge in [0.2, 0.25) is 5.16 Å². The van der Waals surface area contributed by atoms with Crippen LogP contribution in [-0.2, 0) is 5.75 Å². The number of aromatic nitrogens is 3. The van der Waals surface area contributed by atoms with Crippen molar-refractivity contribution in [2.45, 2.75) is 10.9 Å². The second kappa shape index (κ2) is 6.89. The minimum Gasteiger partial charge on any atom is -0.496 e. The maximum atomic E-state index is 10.7. The van der Waals surface area contributed by atoms with Crippen molar-refractivity contribution in [2.75, 3.05) is 13.0 Å². The Morgan fingerprint density at radius 2 is 2.21 bits per heavy atom. The van der Waals surface area contributed by atoms with Crippen molar-refractivity contribution < 1.29 is 9.66 Å². The molecule has 0 fully saturated rings. The third-order valence-electron chi connectivity index (χ3n) is 3.20. The quantitative estimate of drug-likeness (QED) is 0.310. The van der Waals surface area contributed by atoms with Crippen LogP contribution in [0.1, 0.15) is 5.56 Å². The van der Waals surface area contributed by atoms with Crippen molar-refractivity contribution in [2.24, 2.45) is 0 Å². The summed E-state index contributed by atoms with van der Waals surface area (Å²) in [7, 11) is 1.58. The van der Waals surface area contributed by atoms with Crippen LogP contribution in [0.5, 0.6) is 5.75 Å². The number of nitrogen functional groups attached to an aromatic ring is 1. The number of para-hydroxylation sites is 1. The van der Waals surface area contributed by atoms with E-state index in [0.717, 1.165) is 22.5 Å². The first kappa shape index (κ1) is 16.3. The fraction of sp³-hybridized carbons (Fsp3) is 0.143. The van der Waals surface area contributed by atoms with Gasteiger partial charge in [0.1, 0.15) is 5.75 Å². The van der Waals surface area contributed by atoms with Gasteiger partial charge >= 0.3 is 5.00 Å². The number of nitro groups is 1. The number of nitrogens with zero attached hydrogens (tertiary/aromatic N) is 4. The highest BCUT2D eigenvalue weighted by atomic mass is 32.2. The highest BCUT2D eigenvalue weighted by Crippen LogP contribution is 2.31. The first-order valence-corrected chi connectivity index (χ1v) is 8.65. The molecule has 0 spiro atoms. The Balaban J connectivity index is 1.78. The van der Waals surface area contributed by atoms with Crippen LogP contribution in [0.2, 0.25) is 0 Å². The lowest BCUT2D eigenvalue weighted by molar-refractivity contribution is -0.380. The monoisotopic (exact) mass is 363 g/mol. The molecular formula is C14H13N5O3S2. The molecule has 10 heteroatoms. The predicted octanol–water partition coefficient (Wildman–Crippen LogP) is 2.93. The molecule has 3 rings (SSSR count). The lowest BCUT2D eigenvalue weighted by Crippen LogP contribution is -2.11. The average Bonchev–Trinajstić information content (AvgIpc) is 3.20. The molecule has 0 atom stereocenters. The molecular weight excluding hydrogens is 350 g/mol. The van der Waals surface area contributed by atoms with Crippen LogP contribution in [0.3, 0.4) is 0 Å². The van der Waals surface area contributed by atoms with E-state index in [4.69, 9.17) is 10.6 Å². The summed E-state index contributed by atoms with van der Waals surface area (Å²) in [5.41, 5.74) is 1.59. The maximum absolute atomic E-state index is 10.7. The Bertz CT molecular complexity index is 877. The van der Waals surface area contributed by atoms with E-state index in [2.05, 4.69) is 10.2 Å². The number of benzene rings is 1. The van der Waals surface area contributed by atoms with Crippen LogP contribution in [0.25, 0.3) is 11.4 Å². The van der Waals surface area contributed by atoms with E-state index in [1.54, 1.807) is 18.6 Å². The molecule has 24 heavy (non-hydrogen) atoms. The summed E-state index contributed by atoms with van der Waals surface area (Å²) in [6, 6.07) is 8.95. The number of rotatable bonds is 6. The Labute approximate surface area is 145 Å². The van der Waals surface area contributed by atoms with E-state index < -0.39 is 4.92 Å². The van der Waals surface area contributed by atoms with Gasteiger partial charge in [-0.2, -0.15) is 0 Å². The normalized spacial score (nSPS) is 10.7. The first-order chi connectivity index (χ1) is 11.6. The van der Waals surface area contributed by atoms with Crippen LogP contribution < -0.4 is 10.6 Å². The molecule has 2 N–H and O–H groups in total. The second-order valence-electron chi connectivity index (χ2n) is 4.72. The van der Waals surface area contributed by atoms with Crippen molar-refractivity contribution in [1.29, 1.82) is 0 Å². The molecule has 0 unspecified atom stereocenters. The Morgan fingerprint density at radius 1 is 1.42 bits per heavy atom. The SMILES string of the molecule is COc1ccccc1-c1nnc(SCc2csc([N+](=O)[O-])c2)n1N. The zero-order valence-electron chi connectivity index (χ0n) is 12.6. The van der Waals surface area contributed by atoms with Crippen molar-refractivity contribution in [1.82, 2.24) is 14.9 Å². The zero-order chi connectivity index (χ0) is 17.1. The molecule has 8 nitrogen and oxygen atoms in total. The molecule has 2 aromatic heterocycles. The van der Waals surface area contributed by atoms with E-state index >= 15 is 0 Å².